The highest BCUT2D eigenvalue weighted by molar-refractivity contribution is 7.90. The number of nitrogens with one attached hydrogen (secondary N) is 1. The Labute approximate surface area is 271 Å². The lowest BCUT2D eigenvalue weighted by atomic mass is 9.64. The molecule has 0 radical (unpaired) electrons. The van der Waals surface area contributed by atoms with Gasteiger partial charge in [-0.2, -0.15) is 0 Å². The molecule has 0 unspecified atom stereocenters. The van der Waals surface area contributed by atoms with Crippen molar-refractivity contribution in [1.29, 1.82) is 0 Å². The number of benzene rings is 2. The number of rotatable bonds is 3. The van der Waals surface area contributed by atoms with E-state index < -0.39 is 26.8 Å². The molecule has 1 amide bonds. The number of hydrogen-bond acceptors (Lipinski definition) is 7. The standard InChI is InChI=1S/C35H43ClN2O6S/c1-4-32-23(2)7-5-16-35(21-39,43-3)29-12-9-26(29)19-38-20-34(15-6-8-24-17-27(36)11-13-28(24)34)22-44-31-14-10-25(18-30(31)38)33(40)37-45(32,41)42/h5,10-11,13-14,16-18,21,23,26,29,32H,4,6-9,12,15,19-20,22H2,1-3H3,(H,37,40)/b16-5+/t23-,26-,29+,32+,34-,35-/m0/s1. The molecule has 2 aromatic carbocycles. The van der Waals surface area contributed by atoms with Gasteiger partial charge in [-0.15, -0.1) is 0 Å². The molecule has 0 aromatic heterocycles. The number of sulfonamides is 1. The van der Waals surface area contributed by atoms with Gasteiger partial charge in [-0.25, -0.2) is 13.1 Å². The minimum atomic E-state index is -3.99. The van der Waals surface area contributed by atoms with Crippen LogP contribution in [0.4, 0.5) is 5.69 Å². The topological polar surface area (TPSA) is 102 Å². The van der Waals surface area contributed by atoms with E-state index in [1.165, 1.54) is 11.1 Å². The van der Waals surface area contributed by atoms with Gasteiger partial charge in [0.1, 0.15) is 11.4 Å². The number of hydrogen-bond donors (Lipinski definition) is 1. The van der Waals surface area contributed by atoms with Gasteiger partial charge in [-0.1, -0.05) is 37.6 Å². The second-order valence-electron chi connectivity index (χ2n) is 13.4. The Balaban J connectivity index is 1.46. The quantitative estimate of drug-likeness (QED) is 0.327. The highest BCUT2D eigenvalue weighted by Gasteiger charge is 2.49. The van der Waals surface area contributed by atoms with Crippen LogP contribution in [0.25, 0.3) is 0 Å². The molecule has 242 valence electrons. The van der Waals surface area contributed by atoms with Crippen LogP contribution >= 0.6 is 11.6 Å². The number of ether oxygens (including phenoxy) is 2. The Morgan fingerprint density at radius 3 is 2.73 bits per heavy atom. The van der Waals surface area contributed by atoms with E-state index in [1.807, 2.05) is 32.1 Å². The fourth-order valence-electron chi connectivity index (χ4n) is 8.25. The van der Waals surface area contributed by atoms with Crippen LogP contribution in [-0.2, 0) is 31.4 Å². The molecule has 2 aliphatic heterocycles. The summed E-state index contributed by atoms with van der Waals surface area (Å²) in [6.07, 6.45) is 10.0. The van der Waals surface area contributed by atoms with Crippen LogP contribution in [0, 0.1) is 17.8 Å². The zero-order chi connectivity index (χ0) is 32.0. The number of fused-ring (bicyclic) bond motifs is 4. The molecule has 2 aromatic rings. The van der Waals surface area contributed by atoms with Gasteiger partial charge in [0.25, 0.3) is 5.91 Å². The van der Waals surface area contributed by atoms with Gasteiger partial charge < -0.3 is 14.4 Å². The van der Waals surface area contributed by atoms with Crippen molar-refractivity contribution >= 4 is 39.5 Å². The molecule has 1 spiro atoms. The number of carbonyl (C=O) groups is 2. The summed E-state index contributed by atoms with van der Waals surface area (Å²) in [5, 5.41) is -0.0712. The average molecular weight is 655 g/mol. The van der Waals surface area contributed by atoms with E-state index in [0.717, 1.165) is 44.1 Å². The third kappa shape index (κ3) is 5.80. The van der Waals surface area contributed by atoms with Crippen LogP contribution in [0.15, 0.2) is 48.6 Å². The average Bonchev–Trinajstić information content (AvgIpc) is 3.15. The van der Waals surface area contributed by atoms with Crippen molar-refractivity contribution in [2.45, 2.75) is 75.1 Å². The summed E-state index contributed by atoms with van der Waals surface area (Å²) in [7, 11) is -2.41. The molecule has 4 aliphatic rings. The Morgan fingerprint density at radius 2 is 2.02 bits per heavy atom. The van der Waals surface area contributed by atoms with Crippen molar-refractivity contribution in [3.05, 3.63) is 70.3 Å². The van der Waals surface area contributed by atoms with Gasteiger partial charge in [0.15, 0.2) is 6.29 Å². The summed E-state index contributed by atoms with van der Waals surface area (Å²) in [5.41, 5.74) is 2.06. The summed E-state index contributed by atoms with van der Waals surface area (Å²) in [6.45, 7) is 5.41. The van der Waals surface area contributed by atoms with Gasteiger partial charge in [0, 0.05) is 42.1 Å². The fourth-order valence-corrected chi connectivity index (χ4v) is 10.1. The molecule has 0 saturated heterocycles. The molecule has 45 heavy (non-hydrogen) atoms. The number of aldehydes is 1. The van der Waals surface area contributed by atoms with E-state index in [4.69, 9.17) is 21.1 Å². The van der Waals surface area contributed by atoms with Gasteiger partial charge >= 0.3 is 0 Å². The molecule has 6 atom stereocenters. The molecule has 2 aliphatic carbocycles. The normalized spacial score (nSPS) is 33.4. The minimum Gasteiger partial charge on any atom is -0.490 e. The number of nitrogens with zero attached hydrogens (tertiary/aromatic N) is 1. The third-order valence-corrected chi connectivity index (χ3v) is 13.1. The van der Waals surface area contributed by atoms with E-state index in [1.54, 1.807) is 25.3 Å². The predicted octanol–water partition coefficient (Wildman–Crippen LogP) is 5.86. The highest BCUT2D eigenvalue weighted by atomic mass is 35.5. The smallest absolute Gasteiger partial charge is 0.264 e. The molecule has 10 heteroatoms. The number of allylic oxidation sites excluding steroid dienone is 1. The molecule has 2 heterocycles. The number of aryl methyl sites for hydroxylation is 1. The zero-order valence-corrected chi connectivity index (χ0v) is 27.8. The Morgan fingerprint density at radius 1 is 1.20 bits per heavy atom. The molecule has 2 bridgehead atoms. The fraction of sp³-hybridized carbons (Fsp3) is 0.543. The maximum absolute atomic E-state index is 13.5. The molecule has 1 N–H and O–H groups in total. The van der Waals surface area contributed by atoms with E-state index in [-0.39, 0.29) is 28.7 Å². The lowest BCUT2D eigenvalue weighted by Crippen LogP contribution is -2.53. The first-order chi connectivity index (χ1) is 21.5. The van der Waals surface area contributed by atoms with Crippen LogP contribution in [0.1, 0.15) is 73.9 Å². The maximum atomic E-state index is 13.5. The summed E-state index contributed by atoms with van der Waals surface area (Å²) in [6, 6.07) is 11.3. The molecule has 1 fully saturated rings. The Bertz CT molecular complexity index is 1610. The van der Waals surface area contributed by atoms with Gasteiger partial charge in [0.2, 0.25) is 10.0 Å². The number of amides is 1. The van der Waals surface area contributed by atoms with E-state index in [9.17, 15) is 18.0 Å². The van der Waals surface area contributed by atoms with Gasteiger partial charge in [-0.05, 0) is 104 Å². The monoisotopic (exact) mass is 654 g/mol. The van der Waals surface area contributed by atoms with Crippen molar-refractivity contribution in [2.75, 3.05) is 31.7 Å². The SMILES string of the molecule is CC[C@@H]1[C@@H](C)C/C=C/[C@@](C=O)(OC)[C@@H]2CC[C@H]2CN2C[C@@]3(CCCc4cc(Cl)ccc43)COc3ccc(cc32)C(=O)NS1(=O)=O. The lowest BCUT2D eigenvalue weighted by Gasteiger charge is -2.48. The predicted molar refractivity (Wildman–Crippen MR) is 176 cm³/mol. The van der Waals surface area contributed by atoms with Crippen LogP contribution in [0.5, 0.6) is 5.75 Å². The minimum absolute atomic E-state index is 0.0438. The maximum Gasteiger partial charge on any atom is 0.264 e. The Kier molecular flexibility index (Phi) is 8.82. The van der Waals surface area contributed by atoms with Crippen LogP contribution in [-0.4, -0.2) is 58.3 Å². The summed E-state index contributed by atoms with van der Waals surface area (Å²) < 4.78 is 41.9. The van der Waals surface area contributed by atoms with E-state index in [0.29, 0.717) is 43.3 Å². The van der Waals surface area contributed by atoms with Crippen molar-refractivity contribution in [3.63, 3.8) is 0 Å². The van der Waals surface area contributed by atoms with E-state index >= 15 is 0 Å². The number of anilines is 1. The number of halogens is 1. The van der Waals surface area contributed by atoms with E-state index in [2.05, 4.69) is 21.8 Å². The summed E-state index contributed by atoms with van der Waals surface area (Å²) in [4.78, 5) is 28.6. The van der Waals surface area contributed by atoms with Gasteiger partial charge in [0.05, 0.1) is 17.5 Å². The molecular weight excluding hydrogens is 612 g/mol. The zero-order valence-electron chi connectivity index (χ0n) is 26.3. The molecule has 6 rings (SSSR count). The number of carbonyl (C=O) groups excluding carboxylic acids is 2. The van der Waals surface area contributed by atoms with Crippen LogP contribution in [0.3, 0.4) is 0 Å². The van der Waals surface area contributed by atoms with Crippen molar-refractivity contribution in [3.8, 4) is 5.75 Å². The number of methoxy groups -OCH3 is 1. The second kappa shape index (κ2) is 12.4. The summed E-state index contributed by atoms with van der Waals surface area (Å²) >= 11 is 6.41. The first kappa shape index (κ1) is 32.1. The highest BCUT2D eigenvalue weighted by Crippen LogP contribution is 2.48. The largest absolute Gasteiger partial charge is 0.490 e. The first-order valence-electron chi connectivity index (χ1n) is 16.1. The summed E-state index contributed by atoms with van der Waals surface area (Å²) in [5.74, 6) is -0.176. The van der Waals surface area contributed by atoms with Crippen LogP contribution < -0.4 is 14.4 Å². The van der Waals surface area contributed by atoms with Crippen molar-refractivity contribution in [1.82, 2.24) is 4.72 Å². The van der Waals surface area contributed by atoms with Gasteiger partial charge in [-0.3, -0.25) is 9.59 Å². The first-order valence-corrected chi connectivity index (χ1v) is 18.0. The lowest BCUT2D eigenvalue weighted by molar-refractivity contribution is -0.135. The van der Waals surface area contributed by atoms with Crippen molar-refractivity contribution in [2.24, 2.45) is 17.8 Å². The molecule has 8 nitrogen and oxygen atoms in total. The second-order valence-corrected chi connectivity index (χ2v) is 15.8. The Hall–Kier alpha value is -2.88. The molecular formula is C35H43ClN2O6S. The molecule has 1 saturated carbocycles. The van der Waals surface area contributed by atoms with Crippen LogP contribution in [0.2, 0.25) is 5.02 Å². The third-order valence-electron chi connectivity index (χ3n) is 10.8. The van der Waals surface area contributed by atoms with Crippen molar-refractivity contribution < 1.29 is 27.5 Å².